The van der Waals surface area contributed by atoms with Crippen LogP contribution in [0.2, 0.25) is 0 Å². The number of ether oxygens (including phenoxy) is 1. The minimum absolute atomic E-state index is 0.0214. The zero-order valence-electron chi connectivity index (χ0n) is 10.2. The number of hydrogen-bond acceptors (Lipinski definition) is 2. The molecule has 0 amide bonds. The number of halogens is 3. The van der Waals surface area contributed by atoms with E-state index in [0.717, 1.165) is 6.07 Å². The van der Waals surface area contributed by atoms with Crippen LogP contribution in [0.15, 0.2) is 29.3 Å². The highest BCUT2D eigenvalue weighted by Crippen LogP contribution is 2.33. The summed E-state index contributed by atoms with van der Waals surface area (Å²) in [7, 11) is 0. The highest BCUT2D eigenvalue weighted by atomic mass is 19.4. The highest BCUT2D eigenvalue weighted by molar-refractivity contribution is 5.96. The van der Waals surface area contributed by atoms with Crippen LogP contribution in [0.4, 0.5) is 13.2 Å². The maximum atomic E-state index is 12.8. The molecule has 0 aromatic heterocycles. The first-order chi connectivity index (χ1) is 8.39. The van der Waals surface area contributed by atoms with Gasteiger partial charge in [0.15, 0.2) is 0 Å². The molecular weight excluding hydrogens is 243 g/mol. The molecule has 1 aromatic carbocycles. The van der Waals surface area contributed by atoms with Crippen LogP contribution in [-0.4, -0.2) is 18.5 Å². The van der Waals surface area contributed by atoms with Crippen molar-refractivity contribution in [3.8, 4) is 0 Å². The fourth-order valence-corrected chi connectivity index (χ4v) is 1.80. The van der Waals surface area contributed by atoms with Gasteiger partial charge in [-0.2, -0.15) is 13.2 Å². The number of alkyl halides is 3. The SMILES string of the molecule is CC(C)[C@@H]1COC(c2ccccc2C(F)(F)F)=N1. The largest absolute Gasteiger partial charge is 0.475 e. The van der Waals surface area contributed by atoms with Crippen LogP contribution in [0.5, 0.6) is 0 Å². The summed E-state index contributed by atoms with van der Waals surface area (Å²) in [5, 5.41) is 0. The smallest absolute Gasteiger partial charge is 0.417 e. The van der Waals surface area contributed by atoms with Crippen molar-refractivity contribution in [1.82, 2.24) is 0 Å². The van der Waals surface area contributed by atoms with Crippen molar-refractivity contribution in [2.75, 3.05) is 6.61 Å². The van der Waals surface area contributed by atoms with E-state index in [1.807, 2.05) is 13.8 Å². The lowest BCUT2D eigenvalue weighted by atomic mass is 10.1. The molecule has 0 spiro atoms. The minimum Gasteiger partial charge on any atom is -0.475 e. The minimum atomic E-state index is -4.39. The molecule has 18 heavy (non-hydrogen) atoms. The van der Waals surface area contributed by atoms with Gasteiger partial charge in [-0.1, -0.05) is 26.0 Å². The van der Waals surface area contributed by atoms with Crippen LogP contribution in [0.25, 0.3) is 0 Å². The maximum absolute atomic E-state index is 12.8. The van der Waals surface area contributed by atoms with Crippen molar-refractivity contribution in [3.63, 3.8) is 0 Å². The molecule has 5 heteroatoms. The van der Waals surface area contributed by atoms with E-state index in [4.69, 9.17) is 4.74 Å². The van der Waals surface area contributed by atoms with Gasteiger partial charge in [-0.25, -0.2) is 4.99 Å². The molecule has 98 valence electrons. The van der Waals surface area contributed by atoms with Crippen molar-refractivity contribution < 1.29 is 17.9 Å². The topological polar surface area (TPSA) is 21.6 Å². The summed E-state index contributed by atoms with van der Waals surface area (Å²) in [6, 6.07) is 5.29. The number of aliphatic imine (C=N–C) groups is 1. The molecule has 0 aliphatic carbocycles. The van der Waals surface area contributed by atoms with Crippen LogP contribution >= 0.6 is 0 Å². The summed E-state index contributed by atoms with van der Waals surface area (Å²) in [6.45, 7) is 4.28. The molecule has 0 fully saturated rings. The first kappa shape index (κ1) is 12.9. The van der Waals surface area contributed by atoms with Gasteiger partial charge in [-0.05, 0) is 18.1 Å². The lowest BCUT2D eigenvalue weighted by Gasteiger charge is -2.11. The van der Waals surface area contributed by atoms with E-state index in [-0.39, 0.29) is 23.4 Å². The van der Waals surface area contributed by atoms with Crippen LogP contribution in [0, 0.1) is 5.92 Å². The van der Waals surface area contributed by atoms with Gasteiger partial charge < -0.3 is 4.74 Å². The Morgan fingerprint density at radius 1 is 1.28 bits per heavy atom. The number of hydrogen-bond donors (Lipinski definition) is 0. The second-order valence-corrected chi connectivity index (χ2v) is 4.60. The molecule has 1 aliphatic heterocycles. The molecule has 1 atom stereocenters. The molecule has 1 aliphatic rings. The number of benzene rings is 1. The average molecular weight is 257 g/mol. The molecule has 0 bridgehead atoms. The van der Waals surface area contributed by atoms with Crippen molar-refractivity contribution in [2.45, 2.75) is 26.1 Å². The fraction of sp³-hybridized carbons (Fsp3) is 0.462. The zero-order valence-corrected chi connectivity index (χ0v) is 10.2. The summed E-state index contributed by atoms with van der Waals surface area (Å²) >= 11 is 0. The molecular formula is C13H14F3NO. The molecule has 0 saturated heterocycles. The van der Waals surface area contributed by atoms with Crippen molar-refractivity contribution in [3.05, 3.63) is 35.4 Å². The van der Waals surface area contributed by atoms with Gasteiger partial charge in [0.25, 0.3) is 0 Å². The first-order valence-corrected chi connectivity index (χ1v) is 5.77. The maximum Gasteiger partial charge on any atom is 0.417 e. The van der Waals surface area contributed by atoms with Crippen LogP contribution < -0.4 is 0 Å². The quantitative estimate of drug-likeness (QED) is 0.794. The molecule has 1 heterocycles. The summed E-state index contributed by atoms with van der Waals surface area (Å²) < 4.78 is 43.8. The van der Waals surface area contributed by atoms with Crippen molar-refractivity contribution in [1.29, 1.82) is 0 Å². The molecule has 0 unspecified atom stereocenters. The van der Waals surface area contributed by atoms with E-state index in [2.05, 4.69) is 4.99 Å². The second-order valence-electron chi connectivity index (χ2n) is 4.60. The van der Waals surface area contributed by atoms with E-state index >= 15 is 0 Å². The van der Waals surface area contributed by atoms with Gasteiger partial charge in [-0.3, -0.25) is 0 Å². The molecule has 2 nitrogen and oxygen atoms in total. The second kappa shape index (κ2) is 4.63. The normalized spacial score (nSPS) is 19.9. The highest BCUT2D eigenvalue weighted by Gasteiger charge is 2.36. The van der Waals surface area contributed by atoms with E-state index in [1.54, 1.807) is 6.07 Å². The van der Waals surface area contributed by atoms with Crippen molar-refractivity contribution >= 4 is 5.90 Å². The van der Waals surface area contributed by atoms with Crippen LogP contribution in [-0.2, 0) is 10.9 Å². The Morgan fingerprint density at radius 3 is 2.50 bits per heavy atom. The third-order valence-electron chi connectivity index (χ3n) is 2.91. The fourth-order valence-electron chi connectivity index (χ4n) is 1.80. The van der Waals surface area contributed by atoms with Crippen LogP contribution in [0.1, 0.15) is 25.0 Å². The van der Waals surface area contributed by atoms with Gasteiger partial charge in [0, 0.05) is 5.56 Å². The standard InChI is InChI=1S/C13H14F3NO/c1-8(2)11-7-18-12(17-11)9-5-3-4-6-10(9)13(14,15)16/h3-6,8,11H,7H2,1-2H3/t11-/m0/s1. The Morgan fingerprint density at radius 2 is 1.94 bits per heavy atom. The summed E-state index contributed by atoms with van der Waals surface area (Å²) in [6.07, 6.45) is -4.39. The van der Waals surface area contributed by atoms with Gasteiger partial charge >= 0.3 is 6.18 Å². The average Bonchev–Trinajstić information content (AvgIpc) is 2.77. The monoisotopic (exact) mass is 257 g/mol. The van der Waals surface area contributed by atoms with Gasteiger partial charge in [0.2, 0.25) is 5.90 Å². The van der Waals surface area contributed by atoms with Crippen LogP contribution in [0.3, 0.4) is 0 Å². The lowest BCUT2D eigenvalue weighted by molar-refractivity contribution is -0.137. The van der Waals surface area contributed by atoms with Crippen molar-refractivity contribution in [2.24, 2.45) is 10.9 Å². The van der Waals surface area contributed by atoms with Gasteiger partial charge in [-0.15, -0.1) is 0 Å². The summed E-state index contributed by atoms with van der Waals surface area (Å²) in [4.78, 5) is 4.23. The first-order valence-electron chi connectivity index (χ1n) is 5.77. The summed E-state index contributed by atoms with van der Waals surface area (Å²) in [5.74, 6) is 0.349. The molecule has 0 radical (unpaired) electrons. The predicted octanol–water partition coefficient (Wildman–Crippen LogP) is 3.51. The zero-order chi connectivity index (χ0) is 13.3. The van der Waals surface area contributed by atoms with E-state index in [1.165, 1.54) is 12.1 Å². The third-order valence-corrected chi connectivity index (χ3v) is 2.91. The lowest BCUT2D eigenvalue weighted by Crippen LogP contribution is -2.14. The van der Waals surface area contributed by atoms with E-state index in [0.29, 0.717) is 6.61 Å². The number of nitrogens with zero attached hydrogens (tertiary/aromatic N) is 1. The molecule has 2 rings (SSSR count). The number of rotatable bonds is 2. The Labute approximate surface area is 103 Å². The molecule has 1 aromatic rings. The molecule has 0 saturated carbocycles. The Hall–Kier alpha value is -1.52. The molecule has 0 N–H and O–H groups in total. The predicted molar refractivity (Wildman–Crippen MR) is 62.6 cm³/mol. The third kappa shape index (κ3) is 2.49. The Balaban J connectivity index is 2.38. The van der Waals surface area contributed by atoms with Gasteiger partial charge in [0.1, 0.15) is 6.61 Å². The van der Waals surface area contributed by atoms with Gasteiger partial charge in [0.05, 0.1) is 11.6 Å². The summed E-state index contributed by atoms with van der Waals surface area (Å²) in [5.41, 5.74) is -0.679. The Kier molecular flexibility index (Phi) is 3.32. The Bertz CT molecular complexity index is 466. The van der Waals surface area contributed by atoms with E-state index in [9.17, 15) is 13.2 Å². The van der Waals surface area contributed by atoms with E-state index < -0.39 is 11.7 Å².